The summed E-state index contributed by atoms with van der Waals surface area (Å²) in [5.41, 5.74) is 2.49. The van der Waals surface area contributed by atoms with Crippen molar-refractivity contribution in [3.63, 3.8) is 0 Å². The molecule has 0 unspecified atom stereocenters. The van der Waals surface area contributed by atoms with E-state index in [2.05, 4.69) is 10.6 Å². The van der Waals surface area contributed by atoms with E-state index in [0.29, 0.717) is 17.3 Å². The fourth-order valence-electron chi connectivity index (χ4n) is 2.05. The first-order chi connectivity index (χ1) is 9.04. The summed E-state index contributed by atoms with van der Waals surface area (Å²) in [5.74, 6) is -0.305. The summed E-state index contributed by atoms with van der Waals surface area (Å²) in [6, 6.07) is 1.80. The van der Waals surface area contributed by atoms with Crippen LogP contribution >= 0.6 is 23.6 Å². The van der Waals surface area contributed by atoms with Gasteiger partial charge in [-0.2, -0.15) is 0 Å². The largest absolute Gasteiger partial charge is 0.463 e. The topological polar surface area (TPSA) is 50.4 Å². The van der Waals surface area contributed by atoms with Gasteiger partial charge in [0.1, 0.15) is 0 Å². The number of carbonyl (C=O) groups excluding carboxylic acids is 1. The van der Waals surface area contributed by atoms with Crippen LogP contribution in [0.15, 0.2) is 22.7 Å². The molecule has 1 aromatic heterocycles. The quantitative estimate of drug-likeness (QED) is 0.663. The highest BCUT2D eigenvalue weighted by molar-refractivity contribution is 7.80. The molecule has 2 heterocycles. The Morgan fingerprint density at radius 3 is 2.84 bits per heavy atom. The molecule has 1 aliphatic rings. The summed E-state index contributed by atoms with van der Waals surface area (Å²) in [6.07, 6.45) is 0. The van der Waals surface area contributed by atoms with Gasteiger partial charge >= 0.3 is 5.97 Å². The van der Waals surface area contributed by atoms with Gasteiger partial charge in [-0.25, -0.2) is 4.79 Å². The van der Waals surface area contributed by atoms with Crippen molar-refractivity contribution in [2.75, 3.05) is 6.61 Å². The van der Waals surface area contributed by atoms with Gasteiger partial charge < -0.3 is 15.4 Å². The van der Waals surface area contributed by atoms with Crippen LogP contribution in [0.2, 0.25) is 0 Å². The first kappa shape index (κ1) is 14.0. The molecule has 19 heavy (non-hydrogen) atoms. The van der Waals surface area contributed by atoms with Crippen LogP contribution in [0.1, 0.15) is 30.3 Å². The summed E-state index contributed by atoms with van der Waals surface area (Å²) < 4.78 is 5.14. The second kappa shape index (κ2) is 5.71. The van der Waals surface area contributed by atoms with E-state index in [1.807, 2.05) is 25.3 Å². The Labute approximate surface area is 121 Å². The molecular formula is C13H16N2O2S2. The van der Waals surface area contributed by atoms with Crippen LogP contribution in [-0.2, 0) is 9.53 Å². The highest BCUT2D eigenvalue weighted by Crippen LogP contribution is 2.32. The molecule has 2 N–H and O–H groups in total. The maximum atomic E-state index is 12.1. The van der Waals surface area contributed by atoms with Gasteiger partial charge in [-0.15, -0.1) is 11.3 Å². The highest BCUT2D eigenvalue weighted by Gasteiger charge is 2.32. The van der Waals surface area contributed by atoms with E-state index in [9.17, 15) is 4.79 Å². The van der Waals surface area contributed by atoms with Crippen molar-refractivity contribution in [1.29, 1.82) is 0 Å². The van der Waals surface area contributed by atoms with Gasteiger partial charge in [0.2, 0.25) is 0 Å². The molecule has 0 aromatic carbocycles. The smallest absolute Gasteiger partial charge is 0.338 e. The van der Waals surface area contributed by atoms with E-state index >= 15 is 0 Å². The van der Waals surface area contributed by atoms with Gasteiger partial charge in [0, 0.05) is 10.6 Å². The maximum absolute atomic E-state index is 12.1. The Hall–Kier alpha value is -1.40. The first-order valence-corrected chi connectivity index (χ1v) is 7.32. The standard InChI is InChI=1S/C13H16N2O2S2/c1-4-17-12(16)9-8(3)14-13(18)15-10(9)11-7(2)5-6-19-11/h5-6,10H,4H2,1-3H3,(H2,14,15,18)/t10-/m0/s1. The van der Waals surface area contributed by atoms with E-state index < -0.39 is 0 Å². The van der Waals surface area contributed by atoms with Gasteiger partial charge in [-0.3, -0.25) is 0 Å². The summed E-state index contributed by atoms with van der Waals surface area (Å²) >= 11 is 6.78. The Kier molecular flexibility index (Phi) is 4.21. The van der Waals surface area contributed by atoms with Crippen molar-refractivity contribution in [1.82, 2.24) is 10.6 Å². The number of hydrogen-bond acceptors (Lipinski definition) is 4. The average molecular weight is 296 g/mol. The monoisotopic (exact) mass is 296 g/mol. The Bertz CT molecular complexity index is 549. The van der Waals surface area contributed by atoms with Crippen molar-refractivity contribution in [3.05, 3.63) is 33.2 Å². The second-order valence-corrected chi connectivity index (χ2v) is 5.61. The lowest BCUT2D eigenvalue weighted by molar-refractivity contribution is -0.139. The Balaban J connectivity index is 2.44. The zero-order valence-electron chi connectivity index (χ0n) is 11.1. The number of aryl methyl sites for hydroxylation is 1. The molecule has 6 heteroatoms. The minimum atomic E-state index is -0.305. The van der Waals surface area contributed by atoms with Crippen molar-refractivity contribution >= 4 is 34.6 Å². The van der Waals surface area contributed by atoms with Crippen molar-refractivity contribution in [2.24, 2.45) is 0 Å². The summed E-state index contributed by atoms with van der Waals surface area (Å²) in [7, 11) is 0. The van der Waals surface area contributed by atoms with Crippen LogP contribution in [0, 0.1) is 6.92 Å². The molecule has 0 aliphatic carbocycles. The van der Waals surface area contributed by atoms with Crippen LogP contribution in [0.4, 0.5) is 0 Å². The summed E-state index contributed by atoms with van der Waals surface area (Å²) in [5, 5.41) is 8.68. The molecular weight excluding hydrogens is 280 g/mol. The molecule has 0 bridgehead atoms. The third-order valence-electron chi connectivity index (χ3n) is 2.93. The lowest BCUT2D eigenvalue weighted by atomic mass is 10.00. The molecule has 0 saturated heterocycles. The van der Waals surface area contributed by atoms with Crippen LogP contribution in [0.25, 0.3) is 0 Å². The van der Waals surface area contributed by atoms with Gasteiger partial charge in [-0.05, 0) is 50.0 Å². The van der Waals surface area contributed by atoms with Crippen molar-refractivity contribution in [3.8, 4) is 0 Å². The zero-order valence-corrected chi connectivity index (χ0v) is 12.7. The minimum Gasteiger partial charge on any atom is -0.463 e. The number of esters is 1. The molecule has 1 aliphatic heterocycles. The van der Waals surface area contributed by atoms with E-state index in [0.717, 1.165) is 16.1 Å². The number of hydrogen-bond donors (Lipinski definition) is 2. The van der Waals surface area contributed by atoms with Gasteiger partial charge in [0.15, 0.2) is 5.11 Å². The van der Waals surface area contributed by atoms with Gasteiger partial charge in [-0.1, -0.05) is 0 Å². The highest BCUT2D eigenvalue weighted by atomic mass is 32.1. The molecule has 0 amide bonds. The van der Waals surface area contributed by atoms with Crippen molar-refractivity contribution < 1.29 is 9.53 Å². The molecule has 0 radical (unpaired) electrons. The Morgan fingerprint density at radius 2 is 2.26 bits per heavy atom. The summed E-state index contributed by atoms with van der Waals surface area (Å²) in [6.45, 7) is 6.02. The number of allylic oxidation sites excluding steroid dienone is 1. The number of thiophene rings is 1. The number of ether oxygens (including phenoxy) is 1. The zero-order chi connectivity index (χ0) is 14.0. The van der Waals surface area contributed by atoms with Gasteiger partial charge in [0.05, 0.1) is 18.2 Å². The fraction of sp³-hybridized carbons (Fsp3) is 0.385. The van der Waals surface area contributed by atoms with E-state index in [-0.39, 0.29) is 12.0 Å². The number of nitrogens with one attached hydrogen (secondary N) is 2. The molecule has 2 rings (SSSR count). The molecule has 0 fully saturated rings. The van der Waals surface area contributed by atoms with Crippen LogP contribution in [-0.4, -0.2) is 17.7 Å². The van der Waals surface area contributed by atoms with Crippen LogP contribution in [0.3, 0.4) is 0 Å². The molecule has 1 aromatic rings. The molecule has 0 spiro atoms. The van der Waals surface area contributed by atoms with E-state index in [1.54, 1.807) is 18.3 Å². The first-order valence-electron chi connectivity index (χ1n) is 6.04. The maximum Gasteiger partial charge on any atom is 0.338 e. The third-order valence-corrected chi connectivity index (χ3v) is 4.23. The average Bonchev–Trinajstić information content (AvgIpc) is 2.74. The molecule has 102 valence electrons. The van der Waals surface area contributed by atoms with Crippen LogP contribution < -0.4 is 10.6 Å². The van der Waals surface area contributed by atoms with Gasteiger partial charge in [0.25, 0.3) is 0 Å². The number of thiocarbonyl (C=S) groups is 1. The normalized spacial score (nSPS) is 18.9. The lowest BCUT2D eigenvalue weighted by Crippen LogP contribution is -2.45. The van der Waals surface area contributed by atoms with E-state index in [4.69, 9.17) is 17.0 Å². The predicted molar refractivity (Wildman–Crippen MR) is 80.0 cm³/mol. The SMILES string of the molecule is CCOC(=O)C1=C(C)NC(=S)N[C@@H]1c1sccc1C. The van der Waals surface area contributed by atoms with Crippen molar-refractivity contribution in [2.45, 2.75) is 26.8 Å². The molecule has 0 saturated carbocycles. The third kappa shape index (κ3) is 2.79. The predicted octanol–water partition coefficient (Wildman–Crippen LogP) is 2.41. The fourth-order valence-corrected chi connectivity index (χ4v) is 3.31. The second-order valence-electron chi connectivity index (χ2n) is 4.26. The van der Waals surface area contributed by atoms with E-state index in [1.165, 1.54) is 0 Å². The molecule has 4 nitrogen and oxygen atoms in total. The Morgan fingerprint density at radius 1 is 1.53 bits per heavy atom. The molecule has 1 atom stereocenters. The lowest BCUT2D eigenvalue weighted by Gasteiger charge is -2.29. The summed E-state index contributed by atoms with van der Waals surface area (Å²) in [4.78, 5) is 13.2. The van der Waals surface area contributed by atoms with Crippen LogP contribution in [0.5, 0.6) is 0 Å². The minimum absolute atomic E-state index is 0.229. The number of rotatable bonds is 3. The number of carbonyl (C=O) groups is 1.